The molecular weight excluding hydrogens is 367 g/mol. The van der Waals surface area contributed by atoms with Crippen LogP contribution in [0.15, 0.2) is 79.1 Å². The maximum Gasteiger partial charge on any atom is 0.229 e. The summed E-state index contributed by atoms with van der Waals surface area (Å²) in [5, 5.41) is 4.70. The minimum Gasteiger partial charge on any atom is -0.274 e. The first kappa shape index (κ1) is 18.6. The zero-order valence-electron chi connectivity index (χ0n) is 16.1. The van der Waals surface area contributed by atoms with Gasteiger partial charge in [0.2, 0.25) is 5.91 Å². The lowest BCUT2D eigenvalue weighted by Crippen LogP contribution is -2.25. The topological polar surface area (TPSA) is 51.0 Å². The van der Waals surface area contributed by atoms with E-state index in [4.69, 9.17) is 5.10 Å². The lowest BCUT2D eigenvalue weighted by Gasteiger charge is -2.23. The quantitative estimate of drug-likeness (QED) is 0.497. The standard InChI is InChI=1S/C23H19FN4O/c1-16(29)28(20-6-4-3-5-7-20)23-21(17-12-14-25-15-13-17)22(26-27(23)2)18-8-10-19(24)11-9-18/h3-15H,1-2H3. The van der Waals surface area contributed by atoms with Crippen LogP contribution < -0.4 is 4.90 Å². The van der Waals surface area contributed by atoms with E-state index in [1.807, 2.05) is 42.5 Å². The third kappa shape index (κ3) is 3.52. The first-order valence-corrected chi connectivity index (χ1v) is 9.15. The number of pyridine rings is 1. The highest BCUT2D eigenvalue weighted by Gasteiger charge is 2.27. The summed E-state index contributed by atoms with van der Waals surface area (Å²) in [6, 6.07) is 19.3. The molecule has 29 heavy (non-hydrogen) atoms. The largest absolute Gasteiger partial charge is 0.274 e. The van der Waals surface area contributed by atoms with Crippen molar-refractivity contribution in [2.45, 2.75) is 6.92 Å². The van der Waals surface area contributed by atoms with Crippen LogP contribution >= 0.6 is 0 Å². The van der Waals surface area contributed by atoms with Gasteiger partial charge in [-0.25, -0.2) is 4.39 Å². The van der Waals surface area contributed by atoms with Gasteiger partial charge in [-0.3, -0.25) is 19.4 Å². The zero-order valence-corrected chi connectivity index (χ0v) is 16.1. The van der Waals surface area contributed by atoms with E-state index in [1.54, 1.807) is 41.2 Å². The van der Waals surface area contributed by atoms with Gasteiger partial charge in [0, 0.05) is 31.9 Å². The predicted octanol–water partition coefficient (Wildman–Crippen LogP) is 4.97. The summed E-state index contributed by atoms with van der Waals surface area (Å²) < 4.78 is 15.2. The molecule has 0 N–H and O–H groups in total. The van der Waals surface area contributed by atoms with Crippen LogP contribution in [-0.4, -0.2) is 20.7 Å². The highest BCUT2D eigenvalue weighted by Crippen LogP contribution is 2.41. The summed E-state index contributed by atoms with van der Waals surface area (Å²) in [5.74, 6) is 0.180. The Balaban J connectivity index is 2.01. The number of benzene rings is 2. The molecule has 2 aromatic heterocycles. The number of halogens is 1. The summed E-state index contributed by atoms with van der Waals surface area (Å²) in [7, 11) is 1.80. The molecule has 4 aromatic rings. The first-order chi connectivity index (χ1) is 14.1. The van der Waals surface area contributed by atoms with Crippen molar-refractivity contribution in [3.63, 3.8) is 0 Å². The van der Waals surface area contributed by atoms with Crippen molar-refractivity contribution in [2.24, 2.45) is 7.05 Å². The molecule has 0 spiro atoms. The number of nitrogens with zero attached hydrogens (tertiary/aromatic N) is 4. The van der Waals surface area contributed by atoms with Crippen LogP contribution in [-0.2, 0) is 11.8 Å². The highest BCUT2D eigenvalue weighted by atomic mass is 19.1. The van der Waals surface area contributed by atoms with Crippen LogP contribution in [0.4, 0.5) is 15.9 Å². The summed E-state index contributed by atoms with van der Waals surface area (Å²) in [6.45, 7) is 1.52. The number of aromatic nitrogens is 3. The first-order valence-electron chi connectivity index (χ1n) is 9.15. The third-order valence-electron chi connectivity index (χ3n) is 4.64. The number of amides is 1. The molecule has 0 bridgehead atoms. The SMILES string of the molecule is CC(=O)N(c1ccccc1)c1c(-c2ccncc2)c(-c2ccc(F)cc2)nn1C. The predicted molar refractivity (Wildman–Crippen MR) is 111 cm³/mol. The van der Waals surface area contributed by atoms with Gasteiger partial charge in [0.1, 0.15) is 17.3 Å². The second kappa shape index (κ2) is 7.67. The number of anilines is 2. The molecule has 1 amide bonds. The number of para-hydroxylation sites is 1. The Morgan fingerprint density at radius 1 is 0.931 bits per heavy atom. The van der Waals surface area contributed by atoms with Crippen LogP contribution in [0.3, 0.4) is 0 Å². The van der Waals surface area contributed by atoms with Crippen molar-refractivity contribution in [3.8, 4) is 22.4 Å². The van der Waals surface area contributed by atoms with E-state index in [1.165, 1.54) is 19.1 Å². The summed E-state index contributed by atoms with van der Waals surface area (Å²) >= 11 is 0. The van der Waals surface area contributed by atoms with Crippen molar-refractivity contribution >= 4 is 17.4 Å². The number of carbonyl (C=O) groups excluding carboxylic acids is 1. The second-order valence-corrected chi connectivity index (χ2v) is 6.60. The smallest absolute Gasteiger partial charge is 0.229 e. The van der Waals surface area contributed by atoms with E-state index in [-0.39, 0.29) is 11.7 Å². The van der Waals surface area contributed by atoms with Crippen LogP contribution in [0, 0.1) is 5.82 Å². The number of hydrogen-bond donors (Lipinski definition) is 0. The Labute approximate surface area is 168 Å². The second-order valence-electron chi connectivity index (χ2n) is 6.60. The van der Waals surface area contributed by atoms with E-state index in [0.717, 1.165) is 22.4 Å². The molecule has 0 saturated carbocycles. The Morgan fingerprint density at radius 3 is 2.21 bits per heavy atom. The van der Waals surface area contributed by atoms with Gasteiger partial charge in [0.25, 0.3) is 0 Å². The summed E-state index contributed by atoms with van der Waals surface area (Å²) in [4.78, 5) is 18.4. The fraction of sp³-hybridized carbons (Fsp3) is 0.0870. The van der Waals surface area contributed by atoms with Gasteiger partial charge in [-0.1, -0.05) is 18.2 Å². The van der Waals surface area contributed by atoms with Gasteiger partial charge >= 0.3 is 0 Å². The van der Waals surface area contributed by atoms with Gasteiger partial charge in [-0.15, -0.1) is 0 Å². The minimum atomic E-state index is -0.315. The molecular formula is C23H19FN4O. The Morgan fingerprint density at radius 2 is 1.59 bits per heavy atom. The molecule has 0 aliphatic carbocycles. The molecule has 2 aromatic carbocycles. The molecule has 0 aliphatic rings. The van der Waals surface area contributed by atoms with Gasteiger partial charge in [-0.05, 0) is 54.1 Å². The van der Waals surface area contributed by atoms with Crippen LogP contribution in [0.5, 0.6) is 0 Å². The molecule has 0 saturated heterocycles. The van der Waals surface area contributed by atoms with Crippen molar-refractivity contribution in [1.29, 1.82) is 0 Å². The average molecular weight is 386 g/mol. The van der Waals surface area contributed by atoms with E-state index in [9.17, 15) is 9.18 Å². The number of aryl methyl sites for hydroxylation is 1. The molecule has 2 heterocycles. The molecule has 6 heteroatoms. The van der Waals surface area contributed by atoms with E-state index in [0.29, 0.717) is 11.5 Å². The van der Waals surface area contributed by atoms with Crippen LogP contribution in [0.1, 0.15) is 6.92 Å². The van der Waals surface area contributed by atoms with E-state index in [2.05, 4.69) is 4.98 Å². The summed E-state index contributed by atoms with van der Waals surface area (Å²) in [6.07, 6.45) is 3.39. The molecule has 4 rings (SSSR count). The Kier molecular flexibility index (Phi) is 4.91. The Hall–Kier alpha value is -3.80. The molecule has 0 radical (unpaired) electrons. The van der Waals surface area contributed by atoms with Gasteiger partial charge in [0.15, 0.2) is 0 Å². The zero-order chi connectivity index (χ0) is 20.4. The minimum absolute atomic E-state index is 0.139. The van der Waals surface area contributed by atoms with Crippen molar-refractivity contribution in [2.75, 3.05) is 4.90 Å². The normalized spacial score (nSPS) is 10.7. The van der Waals surface area contributed by atoms with Gasteiger partial charge in [0.05, 0.1) is 11.3 Å². The van der Waals surface area contributed by atoms with Crippen LogP contribution in [0.25, 0.3) is 22.4 Å². The van der Waals surface area contributed by atoms with Gasteiger partial charge < -0.3 is 0 Å². The molecule has 0 atom stereocenters. The number of carbonyl (C=O) groups is 1. The lowest BCUT2D eigenvalue weighted by molar-refractivity contribution is -0.115. The fourth-order valence-electron chi connectivity index (χ4n) is 3.40. The summed E-state index contributed by atoms with van der Waals surface area (Å²) in [5.41, 5.74) is 3.81. The average Bonchev–Trinajstić information content (AvgIpc) is 3.07. The Bertz CT molecular complexity index is 1140. The fourth-order valence-corrected chi connectivity index (χ4v) is 3.40. The maximum atomic E-state index is 13.5. The monoisotopic (exact) mass is 386 g/mol. The van der Waals surface area contributed by atoms with Crippen molar-refractivity contribution in [3.05, 3.63) is 84.9 Å². The maximum absolute atomic E-state index is 13.5. The highest BCUT2D eigenvalue weighted by molar-refractivity contribution is 6.04. The molecule has 5 nitrogen and oxygen atoms in total. The van der Waals surface area contributed by atoms with Crippen molar-refractivity contribution < 1.29 is 9.18 Å². The number of rotatable bonds is 4. The van der Waals surface area contributed by atoms with Crippen LogP contribution in [0.2, 0.25) is 0 Å². The number of hydrogen-bond acceptors (Lipinski definition) is 3. The molecule has 0 aliphatic heterocycles. The lowest BCUT2D eigenvalue weighted by atomic mass is 10.0. The molecule has 0 unspecified atom stereocenters. The van der Waals surface area contributed by atoms with Crippen molar-refractivity contribution in [1.82, 2.24) is 14.8 Å². The third-order valence-corrected chi connectivity index (χ3v) is 4.64. The molecule has 144 valence electrons. The molecule has 0 fully saturated rings. The van der Waals surface area contributed by atoms with E-state index >= 15 is 0 Å². The van der Waals surface area contributed by atoms with Gasteiger partial charge in [-0.2, -0.15) is 5.10 Å². The van der Waals surface area contributed by atoms with E-state index < -0.39 is 0 Å².